The van der Waals surface area contributed by atoms with E-state index in [1.54, 1.807) is 60.9 Å². The fraction of sp³-hybridized carbons (Fsp3) is 0.0400. The first kappa shape index (κ1) is 20.6. The molecule has 0 fully saturated rings. The number of aliphatic hydroxyl groups is 1. The summed E-state index contributed by atoms with van der Waals surface area (Å²) < 4.78 is 6.52. The number of aliphatic hydroxyl groups excluding tert-OH is 1. The average Bonchev–Trinajstić information content (AvgIpc) is 3.53. The van der Waals surface area contributed by atoms with Crippen LogP contribution < -0.4 is 4.90 Å². The average molecular weight is 488 g/mol. The van der Waals surface area contributed by atoms with Gasteiger partial charge in [0.05, 0.1) is 21.8 Å². The van der Waals surface area contributed by atoms with E-state index in [2.05, 4.69) is 9.97 Å². The van der Waals surface area contributed by atoms with Crippen molar-refractivity contribution >= 4 is 60.9 Å². The Labute approximate surface area is 201 Å². The Bertz CT molecular complexity index is 1610. The standard InChI is InChI=1S/C25H14ClN3O4S/c26-15-7-8-16-19(11-15)34-25(28-16)29-21(14-5-3-9-27-12-14)20(23(31)24(29)32)22(30)18-10-13-4-1-2-6-17(13)33-18/h1-12,21,31H. The van der Waals surface area contributed by atoms with Gasteiger partial charge in [0.2, 0.25) is 5.78 Å². The van der Waals surface area contributed by atoms with E-state index in [1.165, 1.54) is 16.2 Å². The molecule has 166 valence electrons. The third-order valence-corrected chi connectivity index (χ3v) is 6.90. The third-order valence-electron chi connectivity index (χ3n) is 5.65. The molecular weight excluding hydrogens is 474 g/mol. The van der Waals surface area contributed by atoms with Gasteiger partial charge < -0.3 is 9.52 Å². The number of furan rings is 1. The monoisotopic (exact) mass is 487 g/mol. The zero-order valence-electron chi connectivity index (χ0n) is 17.3. The Hall–Kier alpha value is -4.01. The summed E-state index contributed by atoms with van der Waals surface area (Å²) in [5.41, 5.74) is 1.65. The predicted molar refractivity (Wildman–Crippen MR) is 129 cm³/mol. The number of halogens is 1. The summed E-state index contributed by atoms with van der Waals surface area (Å²) in [6, 6.07) is 16.5. The quantitative estimate of drug-likeness (QED) is 0.318. The number of ketones is 1. The lowest BCUT2D eigenvalue weighted by atomic mass is 9.96. The molecule has 2 aromatic carbocycles. The largest absolute Gasteiger partial charge is 0.503 e. The molecule has 7 nitrogen and oxygen atoms in total. The Morgan fingerprint density at radius 2 is 1.97 bits per heavy atom. The SMILES string of the molecule is O=C(C1=C(O)C(=O)N(c2nc3ccc(Cl)cc3s2)C1c1cccnc1)c1cc2ccccc2o1. The van der Waals surface area contributed by atoms with Gasteiger partial charge in [-0.25, -0.2) is 4.98 Å². The molecule has 0 spiro atoms. The number of amides is 1. The second kappa shape index (κ2) is 7.79. The molecular formula is C25H14ClN3O4S. The number of fused-ring (bicyclic) bond motifs is 2. The maximum atomic E-state index is 13.6. The molecule has 0 bridgehead atoms. The minimum Gasteiger partial charge on any atom is -0.503 e. The van der Waals surface area contributed by atoms with E-state index >= 15 is 0 Å². The van der Waals surface area contributed by atoms with Gasteiger partial charge in [-0.3, -0.25) is 19.5 Å². The van der Waals surface area contributed by atoms with Crippen molar-refractivity contribution in [1.82, 2.24) is 9.97 Å². The van der Waals surface area contributed by atoms with Crippen molar-refractivity contribution in [2.45, 2.75) is 6.04 Å². The summed E-state index contributed by atoms with van der Waals surface area (Å²) in [4.78, 5) is 37.0. The first-order valence-corrected chi connectivity index (χ1v) is 11.5. The van der Waals surface area contributed by atoms with E-state index in [0.717, 1.165) is 10.1 Å². The lowest BCUT2D eigenvalue weighted by Crippen LogP contribution is -2.31. The van der Waals surface area contributed by atoms with Gasteiger partial charge in [-0.05, 0) is 42.0 Å². The van der Waals surface area contributed by atoms with Crippen molar-refractivity contribution in [1.29, 1.82) is 0 Å². The zero-order chi connectivity index (χ0) is 23.4. The molecule has 9 heteroatoms. The van der Waals surface area contributed by atoms with Crippen molar-refractivity contribution in [3.05, 3.63) is 101 Å². The van der Waals surface area contributed by atoms with Crippen LogP contribution in [-0.2, 0) is 4.79 Å². The van der Waals surface area contributed by atoms with Crippen LogP contribution in [0.4, 0.5) is 5.13 Å². The molecule has 1 amide bonds. The van der Waals surface area contributed by atoms with E-state index in [4.69, 9.17) is 16.0 Å². The summed E-state index contributed by atoms with van der Waals surface area (Å²) in [6.45, 7) is 0. The summed E-state index contributed by atoms with van der Waals surface area (Å²) in [5.74, 6) is -1.92. The van der Waals surface area contributed by atoms with E-state index in [1.807, 2.05) is 12.1 Å². The van der Waals surface area contributed by atoms with Crippen molar-refractivity contribution in [2.24, 2.45) is 0 Å². The van der Waals surface area contributed by atoms with Gasteiger partial charge in [0.15, 0.2) is 16.7 Å². The predicted octanol–water partition coefficient (Wildman–Crippen LogP) is 5.87. The summed E-state index contributed by atoms with van der Waals surface area (Å²) in [7, 11) is 0. The minimum atomic E-state index is -0.932. The Morgan fingerprint density at radius 3 is 2.76 bits per heavy atom. The number of Topliss-reactive ketones (excluding diaryl/α,β-unsaturated/α-hetero) is 1. The highest BCUT2D eigenvalue weighted by atomic mass is 35.5. The molecule has 1 unspecified atom stereocenters. The fourth-order valence-electron chi connectivity index (χ4n) is 4.10. The normalized spacial score (nSPS) is 16.2. The first-order valence-electron chi connectivity index (χ1n) is 10.3. The number of hydrogen-bond acceptors (Lipinski definition) is 7. The van der Waals surface area contributed by atoms with Gasteiger partial charge in [0.25, 0.3) is 5.91 Å². The molecule has 0 saturated carbocycles. The van der Waals surface area contributed by atoms with Gasteiger partial charge >= 0.3 is 0 Å². The molecule has 5 aromatic rings. The van der Waals surface area contributed by atoms with E-state index in [-0.39, 0.29) is 11.3 Å². The Morgan fingerprint density at radius 1 is 1.12 bits per heavy atom. The number of carbonyl (C=O) groups excluding carboxylic acids is 2. The maximum absolute atomic E-state index is 13.6. The van der Waals surface area contributed by atoms with Crippen LogP contribution in [0, 0.1) is 0 Å². The summed E-state index contributed by atoms with van der Waals surface area (Å²) >= 11 is 7.36. The molecule has 1 atom stereocenters. The zero-order valence-corrected chi connectivity index (χ0v) is 18.9. The highest BCUT2D eigenvalue weighted by Gasteiger charge is 2.46. The first-order chi connectivity index (χ1) is 16.5. The number of carbonyl (C=O) groups is 2. The van der Waals surface area contributed by atoms with Gasteiger partial charge in [-0.1, -0.05) is 47.2 Å². The van der Waals surface area contributed by atoms with Crippen LogP contribution in [0.1, 0.15) is 22.2 Å². The number of pyridine rings is 1. The topological polar surface area (TPSA) is 96.5 Å². The lowest BCUT2D eigenvalue weighted by Gasteiger charge is -2.23. The van der Waals surface area contributed by atoms with Gasteiger partial charge in [0.1, 0.15) is 5.58 Å². The molecule has 0 saturated heterocycles. The number of aromatic nitrogens is 2. The molecule has 1 N–H and O–H groups in total. The Kier molecular flexibility index (Phi) is 4.72. The lowest BCUT2D eigenvalue weighted by molar-refractivity contribution is -0.117. The number of anilines is 1. The number of hydrogen-bond donors (Lipinski definition) is 1. The third kappa shape index (κ3) is 3.19. The molecule has 3 aromatic heterocycles. The fourth-order valence-corrected chi connectivity index (χ4v) is 5.37. The Balaban J connectivity index is 1.51. The number of benzene rings is 2. The van der Waals surface area contributed by atoms with Crippen LogP contribution in [0.25, 0.3) is 21.2 Å². The minimum absolute atomic E-state index is 0.0300. The van der Waals surface area contributed by atoms with E-state index in [9.17, 15) is 14.7 Å². The van der Waals surface area contributed by atoms with Gasteiger partial charge in [0, 0.05) is 22.8 Å². The summed E-state index contributed by atoms with van der Waals surface area (Å²) in [6.07, 6.45) is 3.15. The van der Waals surface area contributed by atoms with E-state index < -0.39 is 23.5 Å². The molecule has 1 aliphatic rings. The number of nitrogens with zero attached hydrogens (tertiary/aromatic N) is 3. The van der Waals surface area contributed by atoms with Crippen molar-refractivity contribution in [3.63, 3.8) is 0 Å². The summed E-state index contributed by atoms with van der Waals surface area (Å²) in [5, 5.41) is 12.5. The van der Waals surface area contributed by atoms with Crippen LogP contribution in [0.15, 0.2) is 88.8 Å². The molecule has 0 aliphatic carbocycles. The maximum Gasteiger partial charge on any atom is 0.296 e. The highest BCUT2D eigenvalue weighted by molar-refractivity contribution is 7.22. The smallest absolute Gasteiger partial charge is 0.296 e. The second-order valence-corrected chi connectivity index (χ2v) is 9.16. The van der Waals surface area contributed by atoms with Gasteiger partial charge in [-0.2, -0.15) is 0 Å². The highest BCUT2D eigenvalue weighted by Crippen LogP contribution is 2.44. The molecule has 0 radical (unpaired) electrons. The molecule has 4 heterocycles. The molecule has 34 heavy (non-hydrogen) atoms. The number of thiazole rings is 1. The van der Waals surface area contributed by atoms with Crippen LogP contribution in [0.3, 0.4) is 0 Å². The van der Waals surface area contributed by atoms with Crippen molar-refractivity contribution in [2.75, 3.05) is 4.90 Å². The van der Waals surface area contributed by atoms with Crippen molar-refractivity contribution < 1.29 is 19.1 Å². The molecule has 6 rings (SSSR count). The van der Waals surface area contributed by atoms with Crippen LogP contribution in [0.5, 0.6) is 0 Å². The van der Waals surface area contributed by atoms with Crippen LogP contribution in [-0.4, -0.2) is 26.8 Å². The van der Waals surface area contributed by atoms with Gasteiger partial charge in [-0.15, -0.1) is 0 Å². The van der Waals surface area contributed by atoms with Crippen molar-refractivity contribution in [3.8, 4) is 0 Å². The number of para-hydroxylation sites is 1. The van der Waals surface area contributed by atoms with Crippen LogP contribution in [0.2, 0.25) is 5.02 Å². The molecule has 1 aliphatic heterocycles. The second-order valence-electron chi connectivity index (χ2n) is 7.71. The number of rotatable bonds is 4. The van der Waals surface area contributed by atoms with E-state index in [0.29, 0.717) is 26.8 Å². The van der Waals surface area contributed by atoms with Crippen LogP contribution >= 0.6 is 22.9 Å².